The standard InChI is InChI=1S/C25H20ClNO6S/c1-15-8-10-18(11-9-15)34(30,31)27-16(2)25(29)33-23-14-22-20(12-21(23)26)19(13-24(28)32-22)17-6-4-3-5-7-17/h3-14,16,27H,1-2H3/t16-/m0/s1. The predicted octanol–water partition coefficient (Wildman–Crippen LogP) is 4.69. The third-order valence-corrected chi connectivity index (χ3v) is 6.96. The maximum absolute atomic E-state index is 12.6. The molecule has 4 rings (SSSR count). The third kappa shape index (κ3) is 5.04. The summed E-state index contributed by atoms with van der Waals surface area (Å²) in [5.41, 5.74) is 1.90. The number of aryl methyl sites for hydroxylation is 1. The first kappa shape index (κ1) is 23.7. The summed E-state index contributed by atoms with van der Waals surface area (Å²) in [6, 6.07) is 18.5. The van der Waals surface area contributed by atoms with E-state index >= 15 is 0 Å². The highest BCUT2D eigenvalue weighted by Gasteiger charge is 2.24. The lowest BCUT2D eigenvalue weighted by atomic mass is 10.0. The Bertz CT molecular complexity index is 1530. The molecule has 0 fully saturated rings. The molecule has 0 aliphatic heterocycles. The van der Waals surface area contributed by atoms with Gasteiger partial charge in [0.2, 0.25) is 10.0 Å². The molecule has 9 heteroatoms. The van der Waals surface area contributed by atoms with Gasteiger partial charge in [-0.15, -0.1) is 0 Å². The van der Waals surface area contributed by atoms with Gasteiger partial charge in [-0.2, -0.15) is 4.72 Å². The molecule has 1 N–H and O–H groups in total. The summed E-state index contributed by atoms with van der Waals surface area (Å²) >= 11 is 6.36. The second kappa shape index (κ2) is 9.42. The maximum atomic E-state index is 12.6. The van der Waals surface area contributed by atoms with Crippen LogP contribution < -0.4 is 15.1 Å². The van der Waals surface area contributed by atoms with Crippen LogP contribution in [0.15, 0.2) is 86.9 Å². The number of halogens is 1. The van der Waals surface area contributed by atoms with Crippen LogP contribution in [0.1, 0.15) is 12.5 Å². The Balaban J connectivity index is 1.60. The molecule has 0 unspecified atom stereocenters. The summed E-state index contributed by atoms with van der Waals surface area (Å²) in [6.45, 7) is 3.19. The van der Waals surface area contributed by atoms with Crippen molar-refractivity contribution < 1.29 is 22.4 Å². The lowest BCUT2D eigenvalue weighted by Gasteiger charge is -2.15. The van der Waals surface area contributed by atoms with Gasteiger partial charge in [0.1, 0.15) is 11.6 Å². The molecule has 4 aromatic rings. The van der Waals surface area contributed by atoms with Crippen LogP contribution in [0.5, 0.6) is 5.75 Å². The first-order chi connectivity index (χ1) is 16.1. The van der Waals surface area contributed by atoms with Crippen molar-refractivity contribution in [1.29, 1.82) is 0 Å². The van der Waals surface area contributed by atoms with Crippen LogP contribution in [0, 0.1) is 6.92 Å². The van der Waals surface area contributed by atoms with Crippen molar-refractivity contribution in [1.82, 2.24) is 4.72 Å². The summed E-state index contributed by atoms with van der Waals surface area (Å²) in [5.74, 6) is -0.938. The Kier molecular flexibility index (Phi) is 6.56. The van der Waals surface area contributed by atoms with E-state index in [2.05, 4.69) is 4.72 Å². The Hall–Kier alpha value is -3.46. The highest BCUT2D eigenvalue weighted by molar-refractivity contribution is 7.89. The van der Waals surface area contributed by atoms with Crippen molar-refractivity contribution in [2.24, 2.45) is 0 Å². The van der Waals surface area contributed by atoms with Crippen LogP contribution in [0.4, 0.5) is 0 Å². The van der Waals surface area contributed by atoms with Gasteiger partial charge in [0, 0.05) is 17.5 Å². The molecule has 1 aromatic heterocycles. The van der Waals surface area contributed by atoms with Crippen molar-refractivity contribution in [2.45, 2.75) is 24.8 Å². The van der Waals surface area contributed by atoms with Crippen LogP contribution in [-0.2, 0) is 14.8 Å². The quantitative estimate of drug-likeness (QED) is 0.235. The number of nitrogens with one attached hydrogen (secondary N) is 1. The lowest BCUT2D eigenvalue weighted by Crippen LogP contribution is -2.40. The van der Waals surface area contributed by atoms with Crippen LogP contribution in [0.3, 0.4) is 0 Å². The van der Waals surface area contributed by atoms with Gasteiger partial charge < -0.3 is 9.15 Å². The fourth-order valence-corrected chi connectivity index (χ4v) is 4.76. The van der Waals surface area contributed by atoms with E-state index < -0.39 is 27.7 Å². The van der Waals surface area contributed by atoms with Gasteiger partial charge in [0.05, 0.1) is 9.92 Å². The molecule has 0 aliphatic carbocycles. The van der Waals surface area contributed by atoms with Crippen molar-refractivity contribution in [3.8, 4) is 16.9 Å². The molecule has 0 saturated carbocycles. The van der Waals surface area contributed by atoms with E-state index in [0.717, 1.165) is 11.1 Å². The number of carbonyl (C=O) groups excluding carboxylic acids is 1. The maximum Gasteiger partial charge on any atom is 0.336 e. The average Bonchev–Trinajstić information content (AvgIpc) is 2.80. The van der Waals surface area contributed by atoms with Gasteiger partial charge in [-0.3, -0.25) is 0 Å². The molecule has 3 aromatic carbocycles. The van der Waals surface area contributed by atoms with Gasteiger partial charge in [-0.1, -0.05) is 59.6 Å². The SMILES string of the molecule is Cc1ccc(S(=O)(=O)N[C@@H](C)C(=O)Oc2cc3oc(=O)cc(-c4ccccc4)c3cc2Cl)cc1. The minimum Gasteiger partial charge on any atom is -0.424 e. The Morgan fingerprint density at radius 2 is 1.71 bits per heavy atom. The van der Waals surface area contributed by atoms with Gasteiger partial charge in [0.15, 0.2) is 5.75 Å². The van der Waals surface area contributed by atoms with E-state index in [1.165, 1.54) is 37.3 Å². The van der Waals surface area contributed by atoms with Crippen LogP contribution >= 0.6 is 11.6 Å². The summed E-state index contributed by atoms with van der Waals surface area (Å²) in [4.78, 5) is 24.8. The molecule has 0 spiro atoms. The largest absolute Gasteiger partial charge is 0.424 e. The molecule has 174 valence electrons. The molecule has 0 aliphatic rings. The topological polar surface area (TPSA) is 103 Å². The monoisotopic (exact) mass is 497 g/mol. The molecule has 0 saturated heterocycles. The van der Waals surface area contributed by atoms with Crippen molar-refractivity contribution in [3.63, 3.8) is 0 Å². The number of carbonyl (C=O) groups is 1. The van der Waals surface area contributed by atoms with E-state index in [4.69, 9.17) is 20.8 Å². The minimum absolute atomic E-state index is 0.0247. The summed E-state index contributed by atoms with van der Waals surface area (Å²) in [7, 11) is -3.94. The Morgan fingerprint density at radius 1 is 1.03 bits per heavy atom. The number of rotatable bonds is 6. The second-order valence-corrected chi connectivity index (χ2v) is 9.82. The van der Waals surface area contributed by atoms with E-state index in [9.17, 15) is 18.0 Å². The van der Waals surface area contributed by atoms with Crippen molar-refractivity contribution >= 4 is 38.6 Å². The normalized spacial score (nSPS) is 12.4. The summed E-state index contributed by atoms with van der Waals surface area (Å²) in [5, 5.41) is 0.657. The fourth-order valence-electron chi connectivity index (χ4n) is 3.36. The number of benzene rings is 3. The van der Waals surface area contributed by atoms with Crippen LogP contribution in [-0.4, -0.2) is 20.4 Å². The van der Waals surface area contributed by atoms with Gasteiger partial charge in [-0.25, -0.2) is 18.0 Å². The Labute approximate surface area is 201 Å². The second-order valence-electron chi connectivity index (χ2n) is 7.70. The number of esters is 1. The zero-order valence-corrected chi connectivity index (χ0v) is 19.8. The van der Waals surface area contributed by atoms with Crippen molar-refractivity contribution in [2.75, 3.05) is 0 Å². The number of fused-ring (bicyclic) bond motifs is 1. The number of hydrogen-bond acceptors (Lipinski definition) is 6. The molecule has 7 nitrogen and oxygen atoms in total. The van der Waals surface area contributed by atoms with Gasteiger partial charge in [0.25, 0.3) is 0 Å². The molecular formula is C25H20ClNO6S. The smallest absolute Gasteiger partial charge is 0.336 e. The summed E-state index contributed by atoms with van der Waals surface area (Å²) < 4.78 is 38.1. The van der Waals surface area contributed by atoms with Crippen molar-refractivity contribution in [3.05, 3.63) is 93.8 Å². The van der Waals surface area contributed by atoms with Crippen LogP contribution in [0.25, 0.3) is 22.1 Å². The van der Waals surface area contributed by atoms with Crippen LogP contribution in [0.2, 0.25) is 5.02 Å². The minimum atomic E-state index is -3.94. The van der Waals surface area contributed by atoms with E-state index in [0.29, 0.717) is 10.9 Å². The van der Waals surface area contributed by atoms with Gasteiger partial charge in [-0.05, 0) is 43.2 Å². The highest BCUT2D eigenvalue weighted by atomic mass is 35.5. The zero-order valence-electron chi connectivity index (χ0n) is 18.2. The average molecular weight is 498 g/mol. The molecule has 0 radical (unpaired) electrons. The fraction of sp³-hybridized carbons (Fsp3) is 0.120. The van der Waals surface area contributed by atoms with E-state index in [1.54, 1.807) is 12.1 Å². The molecular weight excluding hydrogens is 478 g/mol. The van der Waals surface area contributed by atoms with Gasteiger partial charge >= 0.3 is 11.6 Å². The first-order valence-corrected chi connectivity index (χ1v) is 12.1. The zero-order chi connectivity index (χ0) is 24.5. The molecule has 1 atom stereocenters. The number of hydrogen-bond donors (Lipinski definition) is 1. The molecule has 1 heterocycles. The highest BCUT2D eigenvalue weighted by Crippen LogP contribution is 2.35. The van der Waals surface area contributed by atoms with E-state index in [-0.39, 0.29) is 21.3 Å². The predicted molar refractivity (Wildman–Crippen MR) is 130 cm³/mol. The number of sulfonamides is 1. The third-order valence-electron chi connectivity index (χ3n) is 5.11. The number of ether oxygens (including phenoxy) is 1. The van der Waals surface area contributed by atoms with E-state index in [1.807, 2.05) is 37.3 Å². The molecule has 0 bridgehead atoms. The lowest BCUT2D eigenvalue weighted by molar-refractivity contribution is -0.135. The summed E-state index contributed by atoms with van der Waals surface area (Å²) in [6.07, 6.45) is 0. The first-order valence-electron chi connectivity index (χ1n) is 10.3. The Morgan fingerprint density at radius 3 is 2.38 bits per heavy atom. The molecule has 0 amide bonds. The molecule has 34 heavy (non-hydrogen) atoms.